The monoisotopic (exact) mass is 222 g/mol. The minimum Gasteiger partial charge on any atom is -0.324 e. The topological polar surface area (TPSA) is 30.9 Å². The molecule has 0 saturated heterocycles. The third kappa shape index (κ3) is 2.61. The molecule has 1 atom stereocenters. The number of rotatable bonds is 2. The molecule has 0 saturated carbocycles. The molecule has 0 radical (unpaired) electrons. The molecular formula is C12H15ClN2. The minimum atomic E-state index is 0. The fourth-order valence-corrected chi connectivity index (χ4v) is 1.46. The molecule has 0 aliphatic heterocycles. The van der Waals surface area contributed by atoms with Crippen LogP contribution in [0, 0.1) is 0 Å². The van der Waals surface area contributed by atoms with Crippen LogP contribution in [0.15, 0.2) is 48.8 Å². The summed E-state index contributed by atoms with van der Waals surface area (Å²) in [6.07, 6.45) is 4.06. The molecule has 1 aromatic carbocycles. The van der Waals surface area contributed by atoms with Crippen LogP contribution in [0.2, 0.25) is 0 Å². The Kier molecular flexibility index (Phi) is 3.95. The van der Waals surface area contributed by atoms with E-state index in [1.165, 1.54) is 11.3 Å². The Hall–Kier alpha value is -1.25. The summed E-state index contributed by atoms with van der Waals surface area (Å²) in [5.41, 5.74) is 8.11. The Morgan fingerprint density at radius 2 is 1.60 bits per heavy atom. The molecule has 15 heavy (non-hydrogen) atoms. The molecule has 2 aromatic rings. The molecule has 0 fully saturated rings. The smallest absolute Gasteiger partial charge is 0.0449 e. The van der Waals surface area contributed by atoms with Gasteiger partial charge in [0.25, 0.3) is 0 Å². The van der Waals surface area contributed by atoms with E-state index in [2.05, 4.69) is 28.8 Å². The van der Waals surface area contributed by atoms with E-state index in [0.29, 0.717) is 0 Å². The molecule has 0 aliphatic rings. The molecule has 0 spiro atoms. The highest BCUT2D eigenvalue weighted by Crippen LogP contribution is 2.13. The predicted molar refractivity (Wildman–Crippen MR) is 65.6 cm³/mol. The first-order chi connectivity index (χ1) is 6.77. The molecule has 0 bridgehead atoms. The maximum atomic E-state index is 5.78. The standard InChI is InChI=1S/C12H14N2.ClH/c1-10(13)11-4-6-12(7-5-11)14-8-2-3-9-14;/h2-10H,13H2,1H3;1H/t10-;/m1./s1. The number of nitrogens with zero attached hydrogens (tertiary/aromatic N) is 1. The summed E-state index contributed by atoms with van der Waals surface area (Å²) in [4.78, 5) is 0. The van der Waals surface area contributed by atoms with Gasteiger partial charge in [0, 0.05) is 24.1 Å². The first-order valence-corrected chi connectivity index (χ1v) is 4.76. The predicted octanol–water partition coefficient (Wildman–Crippen LogP) is 2.92. The van der Waals surface area contributed by atoms with Crippen LogP contribution in [-0.4, -0.2) is 4.57 Å². The highest BCUT2D eigenvalue weighted by Gasteiger charge is 1.99. The van der Waals surface area contributed by atoms with Crippen molar-refractivity contribution in [3.63, 3.8) is 0 Å². The third-order valence-electron chi connectivity index (χ3n) is 2.32. The van der Waals surface area contributed by atoms with Gasteiger partial charge in [-0.15, -0.1) is 12.4 Å². The number of hydrogen-bond acceptors (Lipinski definition) is 1. The molecule has 1 aromatic heterocycles. The van der Waals surface area contributed by atoms with E-state index < -0.39 is 0 Å². The zero-order valence-electron chi connectivity index (χ0n) is 8.63. The SMILES string of the molecule is C[C@@H](N)c1ccc(-n2cccc2)cc1.Cl. The summed E-state index contributed by atoms with van der Waals surface area (Å²) < 4.78 is 2.07. The second-order valence-corrected chi connectivity index (χ2v) is 3.47. The van der Waals surface area contributed by atoms with Crippen LogP contribution >= 0.6 is 12.4 Å². The second kappa shape index (κ2) is 5.01. The van der Waals surface area contributed by atoms with Crippen LogP contribution < -0.4 is 5.73 Å². The fraction of sp³-hybridized carbons (Fsp3) is 0.167. The first kappa shape index (κ1) is 11.8. The van der Waals surface area contributed by atoms with Gasteiger partial charge < -0.3 is 10.3 Å². The Labute approximate surface area is 96.1 Å². The van der Waals surface area contributed by atoms with E-state index in [4.69, 9.17) is 5.73 Å². The molecular weight excluding hydrogens is 208 g/mol. The quantitative estimate of drug-likeness (QED) is 0.832. The lowest BCUT2D eigenvalue weighted by Gasteiger charge is -2.07. The zero-order valence-corrected chi connectivity index (χ0v) is 9.45. The molecule has 2 nitrogen and oxygen atoms in total. The molecule has 80 valence electrons. The van der Waals surface area contributed by atoms with Gasteiger partial charge in [-0.05, 0) is 36.8 Å². The number of halogens is 1. The first-order valence-electron chi connectivity index (χ1n) is 4.76. The molecule has 0 unspecified atom stereocenters. The van der Waals surface area contributed by atoms with Crippen LogP contribution in [-0.2, 0) is 0 Å². The third-order valence-corrected chi connectivity index (χ3v) is 2.32. The Morgan fingerprint density at radius 3 is 2.07 bits per heavy atom. The molecule has 3 heteroatoms. The van der Waals surface area contributed by atoms with Crippen molar-refractivity contribution in [2.75, 3.05) is 0 Å². The largest absolute Gasteiger partial charge is 0.324 e. The van der Waals surface area contributed by atoms with Crippen molar-refractivity contribution in [1.82, 2.24) is 4.57 Å². The van der Waals surface area contributed by atoms with Gasteiger partial charge in [0.1, 0.15) is 0 Å². The summed E-state index contributed by atoms with van der Waals surface area (Å²) >= 11 is 0. The fourth-order valence-electron chi connectivity index (χ4n) is 1.46. The van der Waals surface area contributed by atoms with E-state index >= 15 is 0 Å². The van der Waals surface area contributed by atoms with Crippen molar-refractivity contribution in [2.24, 2.45) is 5.73 Å². The lowest BCUT2D eigenvalue weighted by molar-refractivity contribution is 0.817. The summed E-state index contributed by atoms with van der Waals surface area (Å²) in [5.74, 6) is 0. The van der Waals surface area contributed by atoms with E-state index in [1.54, 1.807) is 0 Å². The van der Waals surface area contributed by atoms with Crippen molar-refractivity contribution in [2.45, 2.75) is 13.0 Å². The van der Waals surface area contributed by atoms with Crippen LogP contribution in [0.3, 0.4) is 0 Å². The lowest BCUT2D eigenvalue weighted by Crippen LogP contribution is -2.04. The number of hydrogen-bond donors (Lipinski definition) is 1. The van der Waals surface area contributed by atoms with Crippen molar-refractivity contribution in [1.29, 1.82) is 0 Å². The van der Waals surface area contributed by atoms with Gasteiger partial charge in [0.2, 0.25) is 0 Å². The van der Waals surface area contributed by atoms with Crippen molar-refractivity contribution in [3.05, 3.63) is 54.4 Å². The van der Waals surface area contributed by atoms with E-state index in [1.807, 2.05) is 31.5 Å². The average Bonchev–Trinajstić information content (AvgIpc) is 2.71. The van der Waals surface area contributed by atoms with Crippen molar-refractivity contribution < 1.29 is 0 Å². The van der Waals surface area contributed by atoms with Crippen molar-refractivity contribution in [3.8, 4) is 5.69 Å². The highest BCUT2D eigenvalue weighted by atomic mass is 35.5. The highest BCUT2D eigenvalue weighted by molar-refractivity contribution is 5.85. The number of benzene rings is 1. The summed E-state index contributed by atoms with van der Waals surface area (Å²) in [7, 11) is 0. The molecule has 2 rings (SSSR count). The molecule has 0 amide bonds. The normalized spacial score (nSPS) is 11.9. The lowest BCUT2D eigenvalue weighted by atomic mass is 10.1. The molecule has 0 aliphatic carbocycles. The Morgan fingerprint density at radius 1 is 1.07 bits per heavy atom. The zero-order chi connectivity index (χ0) is 9.97. The van der Waals surface area contributed by atoms with Crippen LogP contribution in [0.4, 0.5) is 0 Å². The maximum absolute atomic E-state index is 5.78. The van der Waals surface area contributed by atoms with E-state index in [9.17, 15) is 0 Å². The summed E-state index contributed by atoms with van der Waals surface area (Å²) in [6, 6.07) is 12.4. The van der Waals surface area contributed by atoms with Gasteiger partial charge in [-0.25, -0.2) is 0 Å². The maximum Gasteiger partial charge on any atom is 0.0449 e. The Bertz CT molecular complexity index is 390. The van der Waals surface area contributed by atoms with Crippen molar-refractivity contribution >= 4 is 12.4 Å². The van der Waals surface area contributed by atoms with Gasteiger partial charge in [-0.1, -0.05) is 12.1 Å². The van der Waals surface area contributed by atoms with Crippen LogP contribution in [0.1, 0.15) is 18.5 Å². The van der Waals surface area contributed by atoms with Crippen LogP contribution in [0.25, 0.3) is 5.69 Å². The summed E-state index contributed by atoms with van der Waals surface area (Å²) in [6.45, 7) is 1.99. The van der Waals surface area contributed by atoms with E-state index in [-0.39, 0.29) is 18.4 Å². The number of nitrogens with two attached hydrogens (primary N) is 1. The molecule has 1 heterocycles. The van der Waals surface area contributed by atoms with Gasteiger partial charge in [-0.2, -0.15) is 0 Å². The van der Waals surface area contributed by atoms with Gasteiger partial charge >= 0.3 is 0 Å². The minimum absolute atomic E-state index is 0. The van der Waals surface area contributed by atoms with Crippen LogP contribution in [0.5, 0.6) is 0 Å². The Balaban J connectivity index is 0.00000112. The van der Waals surface area contributed by atoms with E-state index in [0.717, 1.165) is 0 Å². The second-order valence-electron chi connectivity index (χ2n) is 3.47. The van der Waals surface area contributed by atoms with Gasteiger partial charge in [0.05, 0.1) is 0 Å². The average molecular weight is 223 g/mol. The number of aromatic nitrogens is 1. The summed E-state index contributed by atoms with van der Waals surface area (Å²) in [5, 5.41) is 0. The molecule has 2 N–H and O–H groups in total. The van der Waals surface area contributed by atoms with Gasteiger partial charge in [-0.3, -0.25) is 0 Å². The van der Waals surface area contributed by atoms with Gasteiger partial charge in [0.15, 0.2) is 0 Å².